The molecule has 1 unspecified atom stereocenters. The van der Waals surface area contributed by atoms with Crippen LogP contribution in [-0.4, -0.2) is 62.6 Å². The van der Waals surface area contributed by atoms with Crippen LogP contribution in [0.3, 0.4) is 0 Å². The summed E-state index contributed by atoms with van der Waals surface area (Å²) in [4.78, 5) is 4.26. The number of aliphatic hydroxyl groups excluding tert-OH is 1. The molecule has 5 nitrogen and oxygen atoms in total. The number of benzene rings is 2. The van der Waals surface area contributed by atoms with Gasteiger partial charge < -0.3 is 19.5 Å². The SMILES string of the molecule is COc1ccc(OCC(O)CN2CCN(c3ccccc3F)CC2)c(C(C)(C)C)c1. The van der Waals surface area contributed by atoms with Gasteiger partial charge in [0.15, 0.2) is 0 Å². The molecule has 164 valence electrons. The summed E-state index contributed by atoms with van der Waals surface area (Å²) in [6.07, 6.45) is -0.597. The first-order valence-corrected chi connectivity index (χ1v) is 10.5. The lowest BCUT2D eigenvalue weighted by Gasteiger charge is -2.37. The average Bonchev–Trinajstić information content (AvgIpc) is 2.72. The second-order valence-corrected chi connectivity index (χ2v) is 8.82. The number of hydrogen-bond donors (Lipinski definition) is 1. The third-order valence-electron chi connectivity index (χ3n) is 5.46. The molecule has 0 aromatic heterocycles. The number of piperazine rings is 1. The highest BCUT2D eigenvalue weighted by molar-refractivity contribution is 5.48. The molecule has 1 fully saturated rings. The van der Waals surface area contributed by atoms with E-state index in [1.807, 2.05) is 30.3 Å². The minimum atomic E-state index is -0.597. The van der Waals surface area contributed by atoms with Crippen molar-refractivity contribution in [3.63, 3.8) is 0 Å². The first kappa shape index (κ1) is 22.4. The first-order valence-electron chi connectivity index (χ1n) is 10.5. The van der Waals surface area contributed by atoms with Crippen LogP contribution in [0.25, 0.3) is 0 Å². The van der Waals surface area contributed by atoms with Crippen LogP contribution in [0.2, 0.25) is 0 Å². The van der Waals surface area contributed by atoms with Gasteiger partial charge >= 0.3 is 0 Å². The molecule has 0 spiro atoms. The summed E-state index contributed by atoms with van der Waals surface area (Å²) < 4.78 is 25.3. The number of nitrogens with zero attached hydrogens (tertiary/aromatic N) is 2. The zero-order valence-electron chi connectivity index (χ0n) is 18.4. The molecule has 3 rings (SSSR count). The predicted molar refractivity (Wildman–Crippen MR) is 118 cm³/mol. The molecule has 1 aliphatic heterocycles. The van der Waals surface area contributed by atoms with Crippen LogP contribution in [0.5, 0.6) is 11.5 Å². The Kier molecular flexibility index (Phi) is 7.21. The van der Waals surface area contributed by atoms with Crippen molar-refractivity contribution in [2.45, 2.75) is 32.3 Å². The monoisotopic (exact) mass is 416 g/mol. The Hall–Kier alpha value is -2.31. The number of halogens is 1. The molecule has 0 radical (unpaired) electrons. The fraction of sp³-hybridized carbons (Fsp3) is 0.500. The van der Waals surface area contributed by atoms with Crippen molar-refractivity contribution in [2.75, 3.05) is 51.3 Å². The number of β-amino-alcohol motifs (C(OH)–C–C–N with tert-alkyl or cyclic N) is 1. The summed E-state index contributed by atoms with van der Waals surface area (Å²) in [5.41, 5.74) is 1.60. The summed E-state index contributed by atoms with van der Waals surface area (Å²) in [6.45, 7) is 10.2. The van der Waals surface area contributed by atoms with Gasteiger partial charge in [0, 0.05) is 38.3 Å². The van der Waals surface area contributed by atoms with E-state index >= 15 is 0 Å². The lowest BCUT2D eigenvalue weighted by molar-refractivity contribution is 0.0656. The Morgan fingerprint density at radius 3 is 2.40 bits per heavy atom. The van der Waals surface area contributed by atoms with E-state index in [2.05, 4.69) is 30.6 Å². The van der Waals surface area contributed by atoms with Crippen LogP contribution in [0.15, 0.2) is 42.5 Å². The molecule has 1 saturated heterocycles. The molecular formula is C24H33FN2O3. The van der Waals surface area contributed by atoms with Crippen LogP contribution in [0.1, 0.15) is 26.3 Å². The highest BCUT2D eigenvalue weighted by Crippen LogP contribution is 2.34. The Balaban J connectivity index is 1.51. The van der Waals surface area contributed by atoms with Crippen molar-refractivity contribution in [3.8, 4) is 11.5 Å². The fourth-order valence-electron chi connectivity index (χ4n) is 3.76. The molecule has 0 bridgehead atoms. The van der Waals surface area contributed by atoms with Crippen LogP contribution >= 0.6 is 0 Å². The molecule has 30 heavy (non-hydrogen) atoms. The molecule has 2 aromatic carbocycles. The van der Waals surface area contributed by atoms with Gasteiger partial charge in [-0.1, -0.05) is 32.9 Å². The van der Waals surface area contributed by atoms with E-state index in [1.54, 1.807) is 13.2 Å². The van der Waals surface area contributed by atoms with E-state index in [9.17, 15) is 9.50 Å². The van der Waals surface area contributed by atoms with Crippen molar-refractivity contribution in [1.29, 1.82) is 0 Å². The van der Waals surface area contributed by atoms with E-state index < -0.39 is 6.10 Å². The van der Waals surface area contributed by atoms with Gasteiger partial charge in [-0.15, -0.1) is 0 Å². The van der Waals surface area contributed by atoms with Crippen LogP contribution in [-0.2, 0) is 5.41 Å². The number of hydrogen-bond acceptors (Lipinski definition) is 5. The Morgan fingerprint density at radius 1 is 1.07 bits per heavy atom. The van der Waals surface area contributed by atoms with Gasteiger partial charge in [0.2, 0.25) is 0 Å². The zero-order valence-corrected chi connectivity index (χ0v) is 18.4. The molecule has 1 atom stereocenters. The fourth-order valence-corrected chi connectivity index (χ4v) is 3.76. The van der Waals surface area contributed by atoms with Crippen molar-refractivity contribution in [2.24, 2.45) is 0 Å². The van der Waals surface area contributed by atoms with E-state index in [-0.39, 0.29) is 17.8 Å². The van der Waals surface area contributed by atoms with Gasteiger partial charge in [0.1, 0.15) is 30.0 Å². The van der Waals surface area contributed by atoms with Gasteiger partial charge in [-0.2, -0.15) is 0 Å². The van der Waals surface area contributed by atoms with Gasteiger partial charge in [-0.25, -0.2) is 4.39 Å². The van der Waals surface area contributed by atoms with E-state index in [1.165, 1.54) is 6.07 Å². The van der Waals surface area contributed by atoms with Crippen LogP contribution in [0, 0.1) is 5.82 Å². The first-order chi connectivity index (χ1) is 14.3. The van der Waals surface area contributed by atoms with Gasteiger partial charge in [0.05, 0.1) is 12.8 Å². The lowest BCUT2D eigenvalue weighted by Crippen LogP contribution is -2.49. The summed E-state index contributed by atoms with van der Waals surface area (Å²) in [5.74, 6) is 1.38. The lowest BCUT2D eigenvalue weighted by atomic mass is 9.86. The Labute approximate surface area is 179 Å². The molecule has 1 N–H and O–H groups in total. The number of aliphatic hydroxyl groups is 1. The minimum Gasteiger partial charge on any atom is -0.497 e. The smallest absolute Gasteiger partial charge is 0.146 e. The molecule has 2 aromatic rings. The van der Waals surface area contributed by atoms with Gasteiger partial charge in [-0.05, 0) is 35.7 Å². The third-order valence-corrected chi connectivity index (χ3v) is 5.46. The summed E-state index contributed by atoms with van der Waals surface area (Å²) in [7, 11) is 1.65. The van der Waals surface area contributed by atoms with E-state index in [4.69, 9.17) is 9.47 Å². The molecule has 0 saturated carbocycles. The molecular weight excluding hydrogens is 383 g/mol. The maximum atomic E-state index is 14.0. The number of ether oxygens (including phenoxy) is 2. The second kappa shape index (κ2) is 9.67. The van der Waals surface area contributed by atoms with Crippen molar-refractivity contribution >= 4 is 5.69 Å². The molecule has 1 heterocycles. The Bertz CT molecular complexity index is 829. The molecule has 0 aliphatic carbocycles. The van der Waals surface area contributed by atoms with Crippen LogP contribution < -0.4 is 14.4 Å². The topological polar surface area (TPSA) is 45.2 Å². The largest absolute Gasteiger partial charge is 0.497 e. The summed E-state index contributed by atoms with van der Waals surface area (Å²) >= 11 is 0. The maximum absolute atomic E-state index is 14.0. The molecule has 1 aliphatic rings. The Morgan fingerprint density at radius 2 is 1.77 bits per heavy atom. The molecule has 0 amide bonds. The predicted octanol–water partition coefficient (Wildman–Crippen LogP) is 3.69. The summed E-state index contributed by atoms with van der Waals surface area (Å²) in [5, 5.41) is 10.5. The number of anilines is 1. The van der Waals surface area contributed by atoms with E-state index in [0.717, 1.165) is 43.2 Å². The summed E-state index contributed by atoms with van der Waals surface area (Å²) in [6, 6.07) is 12.6. The molecule has 6 heteroatoms. The van der Waals surface area contributed by atoms with E-state index in [0.29, 0.717) is 12.2 Å². The number of rotatable bonds is 7. The average molecular weight is 417 g/mol. The quantitative estimate of drug-likeness (QED) is 0.746. The van der Waals surface area contributed by atoms with Crippen LogP contribution in [0.4, 0.5) is 10.1 Å². The number of para-hydroxylation sites is 1. The standard InChI is InChI=1S/C24H33FN2O3/c1-24(2,3)20-15-19(29-4)9-10-23(20)30-17-18(28)16-26-11-13-27(14-12-26)22-8-6-5-7-21(22)25/h5-10,15,18,28H,11-14,16-17H2,1-4H3. The number of methoxy groups -OCH3 is 1. The highest BCUT2D eigenvalue weighted by Gasteiger charge is 2.23. The minimum absolute atomic E-state index is 0.0993. The van der Waals surface area contributed by atoms with Gasteiger partial charge in [0.25, 0.3) is 0 Å². The highest BCUT2D eigenvalue weighted by atomic mass is 19.1. The van der Waals surface area contributed by atoms with Gasteiger partial charge in [-0.3, -0.25) is 4.90 Å². The zero-order chi connectivity index (χ0) is 21.7. The second-order valence-electron chi connectivity index (χ2n) is 8.82. The van der Waals surface area contributed by atoms with Crippen molar-refractivity contribution in [1.82, 2.24) is 4.90 Å². The third kappa shape index (κ3) is 5.64. The van der Waals surface area contributed by atoms with Crippen molar-refractivity contribution in [3.05, 3.63) is 53.8 Å². The normalized spacial score (nSPS) is 16.4. The van der Waals surface area contributed by atoms with Crippen molar-refractivity contribution < 1.29 is 19.0 Å². The maximum Gasteiger partial charge on any atom is 0.146 e.